The van der Waals surface area contributed by atoms with Crippen LogP contribution in [0.1, 0.15) is 32.5 Å². The molecule has 0 unspecified atom stereocenters. The van der Waals surface area contributed by atoms with Crippen molar-refractivity contribution in [3.8, 4) is 11.5 Å². The minimum Gasteiger partial charge on any atom is -0.493 e. The first-order valence-electron chi connectivity index (χ1n) is 11.0. The fourth-order valence-electron chi connectivity index (χ4n) is 3.49. The lowest BCUT2D eigenvalue weighted by Gasteiger charge is -2.22. The van der Waals surface area contributed by atoms with E-state index < -0.39 is 12.6 Å². The summed E-state index contributed by atoms with van der Waals surface area (Å²) in [6.45, 7) is 2.18. The lowest BCUT2D eigenvalue weighted by Crippen LogP contribution is -2.34. The summed E-state index contributed by atoms with van der Waals surface area (Å²) < 4.78 is 15.9. The largest absolute Gasteiger partial charge is 0.493 e. The van der Waals surface area contributed by atoms with Gasteiger partial charge in [0.1, 0.15) is 0 Å². The van der Waals surface area contributed by atoms with Crippen LogP contribution >= 0.6 is 11.3 Å². The number of hydrogen-bond donors (Lipinski definition) is 0. The van der Waals surface area contributed by atoms with Gasteiger partial charge in [0.15, 0.2) is 18.1 Å². The standard InChI is InChI=1S/C26H28N2O6S/c1-5-28(16-18-12-13-21(32-3)22(15-18)33-4)24(29)17-34-26(31)19-9-6-7-10-20(19)27(2)25(30)23-11-8-14-35-23/h6-15H,5,16-17H2,1-4H3. The van der Waals surface area contributed by atoms with E-state index in [0.29, 0.717) is 35.2 Å². The Morgan fingerprint density at radius 2 is 1.69 bits per heavy atom. The van der Waals surface area contributed by atoms with E-state index in [1.807, 2.05) is 18.4 Å². The van der Waals surface area contributed by atoms with Crippen LogP contribution in [-0.2, 0) is 16.1 Å². The molecule has 35 heavy (non-hydrogen) atoms. The Kier molecular flexibility index (Phi) is 8.86. The van der Waals surface area contributed by atoms with Gasteiger partial charge in [0.2, 0.25) is 0 Å². The van der Waals surface area contributed by atoms with Gasteiger partial charge < -0.3 is 24.0 Å². The molecule has 0 bridgehead atoms. The van der Waals surface area contributed by atoms with E-state index in [4.69, 9.17) is 14.2 Å². The quantitative estimate of drug-likeness (QED) is 0.390. The summed E-state index contributed by atoms with van der Waals surface area (Å²) in [5, 5.41) is 1.81. The fraction of sp³-hybridized carbons (Fsp3) is 0.269. The molecule has 0 radical (unpaired) electrons. The SMILES string of the molecule is CCN(Cc1ccc(OC)c(OC)c1)C(=O)COC(=O)c1ccccc1N(C)C(=O)c1cccs1. The molecule has 0 fully saturated rings. The van der Waals surface area contributed by atoms with Crippen LogP contribution in [0.25, 0.3) is 0 Å². The van der Waals surface area contributed by atoms with E-state index in [1.54, 1.807) is 74.7 Å². The van der Waals surface area contributed by atoms with Gasteiger partial charge in [0.25, 0.3) is 11.8 Å². The van der Waals surface area contributed by atoms with Crippen LogP contribution in [0.4, 0.5) is 5.69 Å². The zero-order chi connectivity index (χ0) is 25.4. The molecular formula is C26H28N2O6S. The number of ether oxygens (including phenoxy) is 3. The molecule has 0 aliphatic rings. The number of likely N-dealkylation sites (N-methyl/N-ethyl adjacent to an activating group) is 1. The van der Waals surface area contributed by atoms with Crippen LogP contribution < -0.4 is 14.4 Å². The molecule has 184 valence electrons. The highest BCUT2D eigenvalue weighted by Gasteiger charge is 2.22. The molecule has 0 spiro atoms. The third-order valence-corrected chi connectivity index (χ3v) is 6.26. The number of carbonyl (C=O) groups is 3. The number of esters is 1. The molecular weight excluding hydrogens is 468 g/mol. The maximum atomic E-state index is 12.8. The zero-order valence-electron chi connectivity index (χ0n) is 20.1. The van der Waals surface area contributed by atoms with Gasteiger partial charge in [0, 0.05) is 20.1 Å². The van der Waals surface area contributed by atoms with Crippen molar-refractivity contribution >= 4 is 34.8 Å². The van der Waals surface area contributed by atoms with Gasteiger partial charge in [-0.3, -0.25) is 9.59 Å². The molecule has 3 aromatic rings. The van der Waals surface area contributed by atoms with Crippen LogP contribution in [0.5, 0.6) is 11.5 Å². The first-order chi connectivity index (χ1) is 16.9. The van der Waals surface area contributed by atoms with Crippen LogP contribution in [0.15, 0.2) is 60.0 Å². The minimum absolute atomic E-state index is 0.204. The van der Waals surface area contributed by atoms with Gasteiger partial charge in [0.05, 0.1) is 30.3 Å². The molecule has 8 nitrogen and oxygen atoms in total. The number of rotatable bonds is 10. The topological polar surface area (TPSA) is 85.4 Å². The van der Waals surface area contributed by atoms with Crippen molar-refractivity contribution in [2.24, 2.45) is 0 Å². The lowest BCUT2D eigenvalue weighted by atomic mass is 10.1. The number of amides is 2. The van der Waals surface area contributed by atoms with E-state index in [0.717, 1.165) is 5.56 Å². The Labute approximate surface area is 208 Å². The van der Waals surface area contributed by atoms with E-state index in [1.165, 1.54) is 16.2 Å². The number of anilines is 1. The molecule has 0 atom stereocenters. The van der Waals surface area contributed by atoms with Crippen molar-refractivity contribution in [3.63, 3.8) is 0 Å². The highest BCUT2D eigenvalue weighted by atomic mass is 32.1. The molecule has 0 aliphatic carbocycles. The number of hydrogen-bond acceptors (Lipinski definition) is 7. The van der Waals surface area contributed by atoms with E-state index >= 15 is 0 Å². The average Bonchev–Trinajstić information content (AvgIpc) is 3.44. The fourth-order valence-corrected chi connectivity index (χ4v) is 4.18. The zero-order valence-corrected chi connectivity index (χ0v) is 21.0. The molecule has 3 rings (SSSR count). The van der Waals surface area contributed by atoms with Gasteiger partial charge >= 0.3 is 5.97 Å². The van der Waals surface area contributed by atoms with Crippen LogP contribution in [0, 0.1) is 0 Å². The summed E-state index contributed by atoms with van der Waals surface area (Å²) in [6, 6.07) is 15.6. The molecule has 0 saturated carbocycles. The van der Waals surface area contributed by atoms with Crippen molar-refractivity contribution in [1.29, 1.82) is 0 Å². The number of methoxy groups -OCH3 is 2. The number of para-hydroxylation sites is 1. The summed E-state index contributed by atoms with van der Waals surface area (Å²) in [5.41, 5.74) is 1.46. The Morgan fingerprint density at radius 1 is 0.943 bits per heavy atom. The van der Waals surface area contributed by atoms with E-state index in [-0.39, 0.29) is 17.4 Å². The molecule has 9 heteroatoms. The molecule has 2 amide bonds. The van der Waals surface area contributed by atoms with Crippen LogP contribution in [0.2, 0.25) is 0 Å². The first kappa shape index (κ1) is 25.8. The third-order valence-electron chi connectivity index (χ3n) is 5.40. The second-order valence-corrected chi connectivity index (χ2v) is 8.48. The Morgan fingerprint density at radius 3 is 2.34 bits per heavy atom. The number of carbonyl (C=O) groups excluding carboxylic acids is 3. The molecule has 0 aliphatic heterocycles. The normalized spacial score (nSPS) is 10.4. The van der Waals surface area contributed by atoms with Crippen LogP contribution in [-0.4, -0.2) is 57.1 Å². The highest BCUT2D eigenvalue weighted by Crippen LogP contribution is 2.28. The van der Waals surface area contributed by atoms with Crippen molar-refractivity contribution < 1.29 is 28.6 Å². The lowest BCUT2D eigenvalue weighted by molar-refractivity contribution is -0.134. The maximum absolute atomic E-state index is 12.8. The monoisotopic (exact) mass is 496 g/mol. The van der Waals surface area contributed by atoms with Crippen molar-refractivity contribution in [2.45, 2.75) is 13.5 Å². The molecule has 0 N–H and O–H groups in total. The molecule has 2 aromatic carbocycles. The second-order valence-electron chi connectivity index (χ2n) is 7.53. The number of thiophene rings is 1. The Bertz CT molecular complexity index is 1180. The number of benzene rings is 2. The Balaban J connectivity index is 1.67. The summed E-state index contributed by atoms with van der Waals surface area (Å²) in [5.74, 6) is -0.0833. The predicted octanol–water partition coefficient (Wildman–Crippen LogP) is 4.25. The molecule has 0 saturated heterocycles. The second kappa shape index (κ2) is 12.0. The van der Waals surface area contributed by atoms with Crippen molar-refractivity contribution in [2.75, 3.05) is 39.3 Å². The predicted molar refractivity (Wildman–Crippen MR) is 134 cm³/mol. The minimum atomic E-state index is -0.679. The summed E-state index contributed by atoms with van der Waals surface area (Å²) in [6.07, 6.45) is 0. The average molecular weight is 497 g/mol. The van der Waals surface area contributed by atoms with Crippen LogP contribution in [0.3, 0.4) is 0 Å². The van der Waals surface area contributed by atoms with Gasteiger partial charge in [-0.05, 0) is 48.2 Å². The van der Waals surface area contributed by atoms with E-state index in [2.05, 4.69) is 0 Å². The molecule has 1 heterocycles. The Hall–Kier alpha value is -3.85. The van der Waals surface area contributed by atoms with Crippen molar-refractivity contribution in [1.82, 2.24) is 4.90 Å². The summed E-state index contributed by atoms with van der Waals surface area (Å²) in [7, 11) is 4.70. The molecule has 1 aromatic heterocycles. The number of nitrogens with zero attached hydrogens (tertiary/aromatic N) is 2. The van der Waals surface area contributed by atoms with Gasteiger partial charge in [-0.25, -0.2) is 4.79 Å². The van der Waals surface area contributed by atoms with Gasteiger partial charge in [-0.15, -0.1) is 11.3 Å². The smallest absolute Gasteiger partial charge is 0.340 e. The first-order valence-corrected chi connectivity index (χ1v) is 11.8. The summed E-state index contributed by atoms with van der Waals surface area (Å²) in [4.78, 5) is 41.9. The van der Waals surface area contributed by atoms with Crippen molar-refractivity contribution in [3.05, 3.63) is 76.0 Å². The highest BCUT2D eigenvalue weighted by molar-refractivity contribution is 7.12. The summed E-state index contributed by atoms with van der Waals surface area (Å²) >= 11 is 1.32. The maximum Gasteiger partial charge on any atom is 0.340 e. The van der Waals surface area contributed by atoms with E-state index in [9.17, 15) is 14.4 Å². The van der Waals surface area contributed by atoms with Gasteiger partial charge in [-0.2, -0.15) is 0 Å². The third kappa shape index (κ3) is 6.19. The van der Waals surface area contributed by atoms with Gasteiger partial charge in [-0.1, -0.05) is 24.3 Å².